The molecule has 364 valence electrons. The molecule has 0 aromatic heterocycles. The van der Waals surface area contributed by atoms with Gasteiger partial charge in [0.25, 0.3) is 0 Å². The van der Waals surface area contributed by atoms with Gasteiger partial charge in [0, 0.05) is 24.4 Å². The lowest BCUT2D eigenvalue weighted by molar-refractivity contribution is -0.128. The van der Waals surface area contributed by atoms with Crippen molar-refractivity contribution < 1.29 is 43.0 Å². The van der Waals surface area contributed by atoms with Crippen LogP contribution in [0.15, 0.2) is 146 Å². The highest BCUT2D eigenvalue weighted by molar-refractivity contribution is 8.00. The molecule has 16 heteroatoms. The SMILES string of the molecule is CC(C)(C)OC(=O)NCCC[C@H](NC(=O)Oc1ccc(C[C@H](NC(=O)OC(C)(C)C)C(=O)Nc2ccccc2)cc1)C(=O)N[C@@H](CSC(c1ccccc1)(c1ccccc1)c1ccccc1)C(N)=O. The summed E-state index contributed by atoms with van der Waals surface area (Å²) in [5.41, 5.74) is 8.45. The number of nitrogens with two attached hydrogens (primary N) is 1. The third kappa shape index (κ3) is 16.7. The number of hydrogen-bond donors (Lipinski definition) is 6. The topological polar surface area (TPSA) is 216 Å². The first kappa shape index (κ1) is 52.6. The molecule has 0 saturated carbocycles. The molecule has 0 bridgehead atoms. The minimum absolute atomic E-state index is 0.0212. The van der Waals surface area contributed by atoms with Gasteiger partial charge < -0.3 is 46.5 Å². The standard InChI is InChI=1S/C53H62N6O9S/c1-51(2,3)67-48(63)55-33-19-28-42(46(61)57-44(45(54)60)35-69-53(37-20-11-7-12-21-37,38-22-13-8-14-23-38)39-24-15-9-16-25-39)58-49(64)66-41-31-29-36(30-32-41)34-43(59-50(65)68-52(4,5)6)47(62)56-40-26-17-10-18-27-40/h7-18,20-27,29-32,42-44H,19,28,33-35H2,1-6H3,(H2,54,60)(H,55,63)(H,56,62)(H,57,61)(H,58,64)(H,59,65)/t42-,43-,44-/m0/s1. The van der Waals surface area contributed by atoms with Gasteiger partial charge in [-0.05, 0) is 101 Å². The Kier molecular flexibility index (Phi) is 18.8. The predicted molar refractivity (Wildman–Crippen MR) is 268 cm³/mol. The lowest BCUT2D eigenvalue weighted by Crippen LogP contribution is -2.54. The van der Waals surface area contributed by atoms with Gasteiger partial charge in [-0.15, -0.1) is 11.8 Å². The number of nitrogens with one attached hydrogen (secondary N) is 5. The van der Waals surface area contributed by atoms with Gasteiger partial charge >= 0.3 is 18.3 Å². The summed E-state index contributed by atoms with van der Waals surface area (Å²) in [6.45, 7) is 10.5. The third-order valence-corrected chi connectivity index (χ3v) is 11.9. The van der Waals surface area contributed by atoms with Crippen LogP contribution in [0.5, 0.6) is 5.75 Å². The van der Waals surface area contributed by atoms with Crippen molar-refractivity contribution in [2.24, 2.45) is 5.73 Å². The third-order valence-electron chi connectivity index (χ3n) is 10.2. The van der Waals surface area contributed by atoms with Crippen molar-refractivity contribution in [1.29, 1.82) is 0 Å². The van der Waals surface area contributed by atoms with Crippen LogP contribution in [0, 0.1) is 0 Å². The molecule has 15 nitrogen and oxygen atoms in total. The van der Waals surface area contributed by atoms with Gasteiger partial charge in [-0.2, -0.15) is 0 Å². The highest BCUT2D eigenvalue weighted by Crippen LogP contribution is 2.48. The fraction of sp³-hybridized carbons (Fsp3) is 0.321. The molecule has 6 amide bonds. The summed E-state index contributed by atoms with van der Waals surface area (Å²) in [5, 5.41) is 13.5. The average molecular weight is 959 g/mol. The first-order valence-corrected chi connectivity index (χ1v) is 23.6. The number of rotatable bonds is 20. The number of amides is 6. The molecule has 5 rings (SSSR count). The van der Waals surface area contributed by atoms with Crippen LogP contribution >= 0.6 is 11.8 Å². The number of ether oxygens (including phenoxy) is 3. The second kappa shape index (κ2) is 24.6. The number of benzene rings is 5. The van der Waals surface area contributed by atoms with E-state index in [0.717, 1.165) is 16.7 Å². The first-order chi connectivity index (χ1) is 32.8. The number of thioether (sulfide) groups is 1. The van der Waals surface area contributed by atoms with Gasteiger partial charge in [-0.25, -0.2) is 14.4 Å². The molecule has 0 aliphatic carbocycles. The maximum absolute atomic E-state index is 14.2. The summed E-state index contributed by atoms with van der Waals surface area (Å²) in [7, 11) is 0. The van der Waals surface area contributed by atoms with Crippen molar-refractivity contribution in [2.45, 2.75) is 94.9 Å². The minimum Gasteiger partial charge on any atom is -0.444 e. The molecule has 0 aliphatic rings. The Morgan fingerprint density at radius 2 is 1.03 bits per heavy atom. The Balaban J connectivity index is 1.32. The van der Waals surface area contributed by atoms with Crippen LogP contribution < -0.4 is 37.1 Å². The smallest absolute Gasteiger partial charge is 0.413 e. The van der Waals surface area contributed by atoms with Crippen molar-refractivity contribution in [2.75, 3.05) is 17.6 Å². The summed E-state index contributed by atoms with van der Waals surface area (Å²) < 4.78 is 15.5. The molecule has 3 atom stereocenters. The molecular formula is C53H62N6O9S. The molecular weight excluding hydrogens is 897 g/mol. The molecule has 69 heavy (non-hydrogen) atoms. The monoisotopic (exact) mass is 958 g/mol. The van der Waals surface area contributed by atoms with E-state index in [1.54, 1.807) is 77.9 Å². The van der Waals surface area contributed by atoms with Gasteiger partial charge in [0.2, 0.25) is 17.7 Å². The predicted octanol–water partition coefficient (Wildman–Crippen LogP) is 8.22. The van der Waals surface area contributed by atoms with E-state index in [1.807, 2.05) is 97.1 Å². The second-order valence-electron chi connectivity index (χ2n) is 18.1. The van der Waals surface area contributed by atoms with E-state index >= 15 is 0 Å². The summed E-state index contributed by atoms with van der Waals surface area (Å²) in [4.78, 5) is 79.4. The molecule has 0 unspecified atom stereocenters. The highest BCUT2D eigenvalue weighted by atomic mass is 32.2. The van der Waals surface area contributed by atoms with Crippen LogP contribution in [0.2, 0.25) is 0 Å². The van der Waals surface area contributed by atoms with Crippen LogP contribution in [0.1, 0.15) is 76.6 Å². The van der Waals surface area contributed by atoms with Crippen LogP contribution in [0.25, 0.3) is 0 Å². The number of primary amides is 1. The molecule has 5 aromatic rings. The van der Waals surface area contributed by atoms with E-state index in [2.05, 4.69) is 26.6 Å². The maximum atomic E-state index is 14.2. The Morgan fingerprint density at radius 1 is 0.551 bits per heavy atom. The van der Waals surface area contributed by atoms with Crippen LogP contribution in [0.4, 0.5) is 20.1 Å². The van der Waals surface area contributed by atoms with E-state index in [4.69, 9.17) is 19.9 Å². The van der Waals surface area contributed by atoms with Crippen molar-refractivity contribution >= 4 is 53.5 Å². The fourth-order valence-corrected chi connectivity index (χ4v) is 8.71. The zero-order valence-electron chi connectivity index (χ0n) is 39.8. The normalized spacial score (nSPS) is 12.8. The Labute approximate surface area is 408 Å². The number of carbonyl (C=O) groups is 6. The summed E-state index contributed by atoms with van der Waals surface area (Å²) >= 11 is 1.44. The van der Waals surface area contributed by atoms with Crippen molar-refractivity contribution in [3.63, 3.8) is 0 Å². The van der Waals surface area contributed by atoms with E-state index in [0.29, 0.717) is 11.3 Å². The molecule has 0 fully saturated rings. The summed E-state index contributed by atoms with van der Waals surface area (Å²) in [6, 6.07) is 41.2. The molecule has 0 saturated heterocycles. The number of alkyl carbamates (subject to hydrolysis) is 2. The number of anilines is 1. The number of hydrogen-bond acceptors (Lipinski definition) is 10. The Bertz CT molecular complexity index is 2370. The van der Waals surface area contributed by atoms with Crippen LogP contribution in [0.3, 0.4) is 0 Å². The van der Waals surface area contributed by atoms with Crippen LogP contribution in [-0.2, 0) is 35.0 Å². The molecule has 5 aromatic carbocycles. The van der Waals surface area contributed by atoms with E-state index in [1.165, 1.54) is 23.9 Å². The van der Waals surface area contributed by atoms with E-state index in [9.17, 15) is 28.8 Å². The largest absolute Gasteiger partial charge is 0.444 e. The van der Waals surface area contributed by atoms with Crippen molar-refractivity contribution in [3.05, 3.63) is 168 Å². The maximum Gasteiger partial charge on any atom is 0.413 e. The van der Waals surface area contributed by atoms with Gasteiger partial charge in [0.1, 0.15) is 35.1 Å². The van der Waals surface area contributed by atoms with Crippen LogP contribution in [-0.4, -0.2) is 77.6 Å². The Morgan fingerprint density at radius 3 is 1.52 bits per heavy atom. The minimum atomic E-state index is -1.24. The van der Waals surface area contributed by atoms with Crippen molar-refractivity contribution in [1.82, 2.24) is 21.3 Å². The van der Waals surface area contributed by atoms with E-state index in [-0.39, 0.29) is 37.3 Å². The number of para-hydroxylation sites is 1. The van der Waals surface area contributed by atoms with Gasteiger partial charge in [-0.3, -0.25) is 14.4 Å². The average Bonchev–Trinajstić information content (AvgIpc) is 3.30. The quantitative estimate of drug-likeness (QED) is 0.0325. The molecule has 0 radical (unpaired) electrons. The lowest BCUT2D eigenvalue weighted by Gasteiger charge is -2.36. The number of carbonyl (C=O) groups excluding carboxylic acids is 6. The van der Waals surface area contributed by atoms with Gasteiger partial charge in [0.05, 0.1) is 4.75 Å². The molecule has 7 N–H and O–H groups in total. The fourth-order valence-electron chi connectivity index (χ4n) is 7.14. The molecule has 0 heterocycles. The summed E-state index contributed by atoms with van der Waals surface area (Å²) in [6.07, 6.45) is -2.09. The van der Waals surface area contributed by atoms with Crippen molar-refractivity contribution in [3.8, 4) is 5.75 Å². The second-order valence-corrected chi connectivity index (χ2v) is 19.3. The molecule has 0 aliphatic heterocycles. The summed E-state index contributed by atoms with van der Waals surface area (Å²) in [5.74, 6) is -1.81. The zero-order chi connectivity index (χ0) is 50.0. The van der Waals surface area contributed by atoms with Gasteiger partial charge in [-0.1, -0.05) is 121 Å². The lowest BCUT2D eigenvalue weighted by atomic mass is 9.84. The van der Waals surface area contributed by atoms with E-state index < -0.39 is 70.1 Å². The zero-order valence-corrected chi connectivity index (χ0v) is 40.6. The first-order valence-electron chi connectivity index (χ1n) is 22.6. The molecule has 0 spiro atoms. The Hall–Kier alpha value is -7.33. The highest BCUT2D eigenvalue weighted by Gasteiger charge is 2.39. The van der Waals surface area contributed by atoms with Gasteiger partial charge in [0.15, 0.2) is 0 Å².